The number of anilines is 3. The van der Waals surface area contributed by atoms with Crippen LogP contribution < -0.4 is 16.0 Å². The summed E-state index contributed by atoms with van der Waals surface area (Å²) < 4.78 is 3.02. The third-order valence-electron chi connectivity index (χ3n) is 5.77. The molecule has 0 saturated heterocycles. The molecule has 1 aliphatic carbocycles. The SMILES string of the molecule is O=COCC(=O)Nc1ccc(NC(=O)c2cc(NC(=O)C3C(c4cc(Cl)cc(Cl)c4)C3(Cl)Cl)ccc2Cl)cc1. The van der Waals surface area contributed by atoms with Crippen LogP contribution in [-0.2, 0) is 19.1 Å². The Bertz CT molecular complexity index is 1430. The summed E-state index contributed by atoms with van der Waals surface area (Å²) in [6.45, 7) is -0.243. The highest BCUT2D eigenvalue weighted by Gasteiger charge is 2.67. The first kappa shape index (κ1) is 29.0. The molecule has 0 aliphatic heterocycles. The van der Waals surface area contributed by atoms with Crippen molar-refractivity contribution in [2.75, 3.05) is 22.6 Å². The minimum Gasteiger partial charge on any atom is -0.458 e. The smallest absolute Gasteiger partial charge is 0.293 e. The second kappa shape index (κ2) is 12.0. The number of hydrogen-bond acceptors (Lipinski definition) is 5. The molecule has 202 valence electrons. The summed E-state index contributed by atoms with van der Waals surface area (Å²) >= 11 is 31.3. The van der Waals surface area contributed by atoms with Gasteiger partial charge in [-0.25, -0.2) is 0 Å². The van der Waals surface area contributed by atoms with E-state index in [1.54, 1.807) is 48.5 Å². The van der Waals surface area contributed by atoms with E-state index in [0.717, 1.165) is 0 Å². The Balaban J connectivity index is 1.42. The first-order chi connectivity index (χ1) is 18.5. The van der Waals surface area contributed by atoms with Crippen molar-refractivity contribution in [1.29, 1.82) is 0 Å². The van der Waals surface area contributed by atoms with Gasteiger partial charge in [0.25, 0.3) is 18.3 Å². The Morgan fingerprint density at radius 1 is 0.821 bits per heavy atom. The average Bonchev–Trinajstić information content (AvgIpc) is 3.46. The summed E-state index contributed by atoms with van der Waals surface area (Å²) in [5.74, 6) is -2.82. The highest BCUT2D eigenvalue weighted by Crippen LogP contribution is 2.65. The third kappa shape index (κ3) is 6.96. The van der Waals surface area contributed by atoms with Gasteiger partial charge in [0.05, 0.1) is 16.5 Å². The molecule has 39 heavy (non-hydrogen) atoms. The number of rotatable bonds is 9. The first-order valence-electron chi connectivity index (χ1n) is 11.2. The number of hydrogen-bond donors (Lipinski definition) is 3. The van der Waals surface area contributed by atoms with E-state index in [9.17, 15) is 19.2 Å². The van der Waals surface area contributed by atoms with Crippen molar-refractivity contribution in [2.45, 2.75) is 10.3 Å². The minimum atomic E-state index is -1.36. The summed E-state index contributed by atoms with van der Waals surface area (Å²) in [4.78, 5) is 47.7. The van der Waals surface area contributed by atoms with Gasteiger partial charge < -0.3 is 20.7 Å². The lowest BCUT2D eigenvalue weighted by Crippen LogP contribution is -2.18. The minimum absolute atomic E-state index is 0.106. The predicted molar refractivity (Wildman–Crippen MR) is 152 cm³/mol. The van der Waals surface area contributed by atoms with Gasteiger partial charge in [-0.1, -0.05) is 34.8 Å². The molecule has 2 atom stereocenters. The molecule has 0 heterocycles. The fourth-order valence-electron chi connectivity index (χ4n) is 3.96. The molecule has 0 aromatic heterocycles. The summed E-state index contributed by atoms with van der Waals surface area (Å²) in [5, 5.41) is 8.90. The average molecular weight is 630 g/mol. The summed E-state index contributed by atoms with van der Waals surface area (Å²) in [5.41, 5.74) is 1.90. The fourth-order valence-corrected chi connectivity index (χ4v) is 5.54. The van der Waals surface area contributed by atoms with Crippen LogP contribution in [0.1, 0.15) is 21.8 Å². The molecule has 1 aliphatic rings. The van der Waals surface area contributed by atoms with E-state index in [0.29, 0.717) is 32.7 Å². The maximum Gasteiger partial charge on any atom is 0.293 e. The number of carbonyl (C=O) groups is 4. The van der Waals surface area contributed by atoms with Crippen molar-refractivity contribution < 1.29 is 23.9 Å². The lowest BCUT2D eigenvalue weighted by molar-refractivity contribution is -0.135. The van der Waals surface area contributed by atoms with Gasteiger partial charge in [-0.15, -0.1) is 23.2 Å². The summed E-state index contributed by atoms with van der Waals surface area (Å²) in [7, 11) is 0. The number of carbonyl (C=O) groups excluding carboxylic acids is 4. The van der Waals surface area contributed by atoms with Gasteiger partial charge in [0, 0.05) is 33.0 Å². The highest BCUT2D eigenvalue weighted by atomic mass is 35.5. The second-order valence-electron chi connectivity index (χ2n) is 8.50. The summed E-state index contributed by atoms with van der Waals surface area (Å²) in [6.07, 6.45) is 0. The van der Waals surface area contributed by atoms with Crippen LogP contribution in [0.5, 0.6) is 0 Å². The van der Waals surface area contributed by atoms with Crippen LogP contribution >= 0.6 is 58.0 Å². The lowest BCUT2D eigenvalue weighted by atomic mass is 10.1. The van der Waals surface area contributed by atoms with E-state index in [4.69, 9.17) is 58.0 Å². The Labute approximate surface area is 247 Å². The Morgan fingerprint density at radius 3 is 2.03 bits per heavy atom. The molecule has 2 unspecified atom stereocenters. The van der Waals surface area contributed by atoms with E-state index >= 15 is 0 Å². The van der Waals surface area contributed by atoms with Crippen LogP contribution in [0.4, 0.5) is 17.1 Å². The maximum atomic E-state index is 13.0. The largest absolute Gasteiger partial charge is 0.458 e. The Morgan fingerprint density at radius 2 is 1.41 bits per heavy atom. The monoisotopic (exact) mass is 627 g/mol. The van der Waals surface area contributed by atoms with Gasteiger partial charge in [0.15, 0.2) is 6.61 Å². The number of ether oxygens (including phenoxy) is 1. The Hall–Kier alpha value is -3.01. The topological polar surface area (TPSA) is 114 Å². The molecule has 0 radical (unpaired) electrons. The van der Waals surface area contributed by atoms with Crippen molar-refractivity contribution in [1.82, 2.24) is 0 Å². The van der Waals surface area contributed by atoms with Crippen LogP contribution in [0.2, 0.25) is 15.1 Å². The van der Waals surface area contributed by atoms with E-state index in [2.05, 4.69) is 20.7 Å². The third-order valence-corrected chi connectivity index (χ3v) is 7.47. The number of nitrogens with one attached hydrogen (secondary N) is 3. The highest BCUT2D eigenvalue weighted by molar-refractivity contribution is 6.53. The van der Waals surface area contributed by atoms with Gasteiger partial charge in [-0.2, -0.15) is 0 Å². The molecule has 3 N–H and O–H groups in total. The quantitative estimate of drug-likeness (QED) is 0.184. The second-order valence-corrected chi connectivity index (χ2v) is 11.2. The molecule has 1 fully saturated rings. The lowest BCUT2D eigenvalue weighted by Gasteiger charge is -2.11. The molecule has 13 heteroatoms. The van der Waals surface area contributed by atoms with Gasteiger partial charge >= 0.3 is 0 Å². The zero-order chi connectivity index (χ0) is 28.3. The Kier molecular flexibility index (Phi) is 8.93. The fraction of sp³-hybridized carbons (Fsp3) is 0.154. The predicted octanol–water partition coefficient (Wildman–Crippen LogP) is 6.54. The van der Waals surface area contributed by atoms with E-state index in [1.165, 1.54) is 12.1 Å². The number of amides is 3. The molecule has 4 rings (SSSR count). The molecule has 8 nitrogen and oxygen atoms in total. The van der Waals surface area contributed by atoms with Crippen molar-refractivity contribution in [3.63, 3.8) is 0 Å². The number of halogens is 5. The standard InChI is InChI=1S/C26H18Cl5N3O5/c27-14-7-13(8-15(28)9-14)22-23(26(22,30)31)25(38)34-18-5-6-20(29)19(10-18)24(37)33-17-3-1-16(2-4-17)32-21(36)11-39-12-35/h1-10,12,22-23H,11H2,(H,32,36)(H,33,37)(H,34,38). The molecule has 3 aromatic carbocycles. The molecule has 3 aromatic rings. The van der Waals surface area contributed by atoms with Gasteiger partial charge in [-0.3, -0.25) is 19.2 Å². The normalized spacial score (nSPS) is 17.1. The zero-order valence-corrected chi connectivity index (χ0v) is 23.4. The molecular formula is C26H18Cl5N3O5. The first-order valence-corrected chi connectivity index (χ1v) is 13.1. The van der Waals surface area contributed by atoms with E-state index in [1.807, 2.05) is 0 Å². The van der Waals surface area contributed by atoms with Crippen LogP contribution in [-0.4, -0.2) is 35.1 Å². The van der Waals surface area contributed by atoms with Crippen LogP contribution in [0.3, 0.4) is 0 Å². The number of benzene rings is 3. The van der Waals surface area contributed by atoms with Crippen molar-refractivity contribution in [3.8, 4) is 0 Å². The molecule has 3 amide bonds. The maximum absolute atomic E-state index is 13.0. The number of alkyl halides is 2. The summed E-state index contributed by atoms with van der Waals surface area (Å²) in [6, 6.07) is 15.5. The van der Waals surface area contributed by atoms with Crippen LogP contribution in [0, 0.1) is 5.92 Å². The van der Waals surface area contributed by atoms with E-state index < -0.39 is 40.5 Å². The van der Waals surface area contributed by atoms with Crippen LogP contribution in [0.25, 0.3) is 0 Å². The molecule has 0 bridgehead atoms. The van der Waals surface area contributed by atoms with Crippen LogP contribution in [0.15, 0.2) is 60.7 Å². The van der Waals surface area contributed by atoms with Gasteiger partial charge in [-0.05, 0) is 66.2 Å². The van der Waals surface area contributed by atoms with Crippen molar-refractivity contribution >= 4 is 99.3 Å². The van der Waals surface area contributed by atoms with Gasteiger partial charge in [0.2, 0.25) is 5.91 Å². The zero-order valence-electron chi connectivity index (χ0n) is 19.6. The molecule has 0 spiro atoms. The van der Waals surface area contributed by atoms with E-state index in [-0.39, 0.29) is 17.1 Å². The van der Waals surface area contributed by atoms with Crippen molar-refractivity contribution in [2.24, 2.45) is 5.92 Å². The van der Waals surface area contributed by atoms with Gasteiger partial charge in [0.1, 0.15) is 4.33 Å². The molecular weight excluding hydrogens is 612 g/mol. The van der Waals surface area contributed by atoms with Crippen molar-refractivity contribution in [3.05, 3.63) is 86.9 Å². The molecule has 1 saturated carbocycles.